The molecule has 1 saturated heterocycles. The van der Waals surface area contributed by atoms with Crippen molar-refractivity contribution in [3.05, 3.63) is 21.9 Å². The number of rotatable bonds is 3. The van der Waals surface area contributed by atoms with Crippen LogP contribution >= 0.6 is 11.3 Å². The lowest BCUT2D eigenvalue weighted by Gasteiger charge is -2.30. The van der Waals surface area contributed by atoms with E-state index in [0.717, 1.165) is 16.9 Å². The first-order valence-electron chi connectivity index (χ1n) is 6.28. The summed E-state index contributed by atoms with van der Waals surface area (Å²) in [5.41, 5.74) is 6.40. The fraction of sp³-hybridized carbons (Fsp3) is 0.538. The number of carbonyl (C=O) groups excluding carboxylic acids is 2. The van der Waals surface area contributed by atoms with Crippen molar-refractivity contribution in [3.63, 3.8) is 0 Å². The van der Waals surface area contributed by atoms with E-state index in [9.17, 15) is 9.59 Å². The second-order valence-corrected chi connectivity index (χ2v) is 5.51. The largest absolute Gasteiger partial charge is 0.369 e. The zero-order valence-corrected chi connectivity index (χ0v) is 11.3. The Kier molecular flexibility index (Phi) is 4.01. The highest BCUT2D eigenvalue weighted by molar-refractivity contribution is 7.12. The van der Waals surface area contributed by atoms with Gasteiger partial charge in [0.2, 0.25) is 5.91 Å². The molecular formula is C13H18N2O2S. The lowest BCUT2D eigenvalue weighted by atomic mass is 9.96. The summed E-state index contributed by atoms with van der Waals surface area (Å²) in [6.07, 6.45) is 2.25. The highest BCUT2D eigenvalue weighted by atomic mass is 32.1. The van der Waals surface area contributed by atoms with Gasteiger partial charge in [-0.1, -0.05) is 6.92 Å². The van der Waals surface area contributed by atoms with E-state index in [-0.39, 0.29) is 17.7 Å². The lowest BCUT2D eigenvalue weighted by molar-refractivity contribution is -0.123. The molecule has 0 saturated carbocycles. The number of piperidine rings is 1. The van der Waals surface area contributed by atoms with Crippen LogP contribution in [0.1, 0.15) is 35.0 Å². The van der Waals surface area contributed by atoms with Gasteiger partial charge in [0, 0.05) is 19.0 Å². The van der Waals surface area contributed by atoms with Crippen LogP contribution in [0.4, 0.5) is 0 Å². The van der Waals surface area contributed by atoms with E-state index in [0.29, 0.717) is 25.9 Å². The number of likely N-dealkylation sites (tertiary alicyclic amines) is 1. The van der Waals surface area contributed by atoms with E-state index in [1.54, 1.807) is 0 Å². The van der Waals surface area contributed by atoms with Crippen LogP contribution in [0.3, 0.4) is 0 Å². The van der Waals surface area contributed by atoms with Crippen molar-refractivity contribution < 1.29 is 9.59 Å². The molecule has 98 valence electrons. The van der Waals surface area contributed by atoms with Crippen LogP contribution in [0.25, 0.3) is 0 Å². The molecule has 4 nitrogen and oxygen atoms in total. The third-order valence-corrected chi connectivity index (χ3v) is 4.45. The van der Waals surface area contributed by atoms with Crippen molar-refractivity contribution in [1.82, 2.24) is 4.90 Å². The fourth-order valence-electron chi connectivity index (χ4n) is 2.31. The van der Waals surface area contributed by atoms with Gasteiger partial charge in [-0.2, -0.15) is 0 Å². The third-order valence-electron chi connectivity index (χ3n) is 3.51. The molecule has 2 rings (SSSR count). The molecule has 1 aromatic rings. The molecule has 1 aliphatic heterocycles. The normalized spacial score (nSPS) is 16.8. The van der Waals surface area contributed by atoms with E-state index < -0.39 is 0 Å². The first-order valence-corrected chi connectivity index (χ1v) is 7.16. The summed E-state index contributed by atoms with van der Waals surface area (Å²) in [5.74, 6) is -0.208. The van der Waals surface area contributed by atoms with E-state index in [2.05, 4.69) is 6.92 Å². The smallest absolute Gasteiger partial charge is 0.264 e. The van der Waals surface area contributed by atoms with Crippen molar-refractivity contribution in [3.8, 4) is 0 Å². The molecule has 5 heteroatoms. The summed E-state index contributed by atoms with van der Waals surface area (Å²) >= 11 is 1.50. The van der Waals surface area contributed by atoms with Gasteiger partial charge >= 0.3 is 0 Å². The Balaban J connectivity index is 2.02. The Morgan fingerprint density at radius 3 is 2.67 bits per heavy atom. The molecule has 1 aromatic heterocycles. The van der Waals surface area contributed by atoms with Gasteiger partial charge in [-0.25, -0.2) is 0 Å². The number of hydrogen-bond acceptors (Lipinski definition) is 3. The predicted octanol–water partition coefficient (Wildman–Crippen LogP) is 1.65. The minimum absolute atomic E-state index is 0.0666. The predicted molar refractivity (Wildman–Crippen MR) is 71.5 cm³/mol. The summed E-state index contributed by atoms with van der Waals surface area (Å²) in [7, 11) is 0. The molecule has 2 amide bonds. The van der Waals surface area contributed by atoms with Gasteiger partial charge in [0.05, 0.1) is 4.88 Å². The number of hydrogen-bond donors (Lipinski definition) is 1. The van der Waals surface area contributed by atoms with Gasteiger partial charge in [-0.15, -0.1) is 11.3 Å². The summed E-state index contributed by atoms with van der Waals surface area (Å²) in [6.45, 7) is 3.32. The van der Waals surface area contributed by atoms with Gasteiger partial charge in [0.1, 0.15) is 0 Å². The van der Waals surface area contributed by atoms with E-state index in [1.165, 1.54) is 11.3 Å². The van der Waals surface area contributed by atoms with E-state index >= 15 is 0 Å². The molecule has 1 fully saturated rings. The van der Waals surface area contributed by atoms with Crippen molar-refractivity contribution in [2.45, 2.75) is 26.2 Å². The second-order valence-electron chi connectivity index (χ2n) is 4.60. The van der Waals surface area contributed by atoms with E-state index in [4.69, 9.17) is 5.73 Å². The Hall–Kier alpha value is -1.36. The maximum atomic E-state index is 12.3. The summed E-state index contributed by atoms with van der Waals surface area (Å²) < 4.78 is 0. The van der Waals surface area contributed by atoms with Crippen LogP contribution in [0, 0.1) is 5.92 Å². The number of nitrogens with zero attached hydrogens (tertiary/aromatic N) is 1. The maximum Gasteiger partial charge on any atom is 0.264 e. The summed E-state index contributed by atoms with van der Waals surface area (Å²) in [4.78, 5) is 26.1. The maximum absolute atomic E-state index is 12.3. The Morgan fingerprint density at radius 2 is 2.11 bits per heavy atom. The number of aryl methyl sites for hydroxylation is 1. The average molecular weight is 266 g/mol. The Morgan fingerprint density at radius 1 is 1.44 bits per heavy atom. The van der Waals surface area contributed by atoms with Crippen molar-refractivity contribution >= 4 is 23.2 Å². The van der Waals surface area contributed by atoms with Crippen LogP contribution in [-0.2, 0) is 11.2 Å². The minimum atomic E-state index is -0.243. The van der Waals surface area contributed by atoms with Gasteiger partial charge in [0.25, 0.3) is 5.91 Å². The van der Waals surface area contributed by atoms with Crippen molar-refractivity contribution in [2.75, 3.05) is 13.1 Å². The Labute approximate surface area is 111 Å². The quantitative estimate of drug-likeness (QED) is 0.904. The monoisotopic (exact) mass is 266 g/mol. The van der Waals surface area contributed by atoms with Crippen LogP contribution < -0.4 is 5.73 Å². The van der Waals surface area contributed by atoms with Gasteiger partial charge in [0.15, 0.2) is 0 Å². The zero-order valence-electron chi connectivity index (χ0n) is 10.5. The molecule has 2 heterocycles. The molecule has 0 atom stereocenters. The number of carbonyl (C=O) groups is 2. The molecule has 0 unspecified atom stereocenters. The number of thiophene rings is 1. The summed E-state index contributed by atoms with van der Waals surface area (Å²) in [5, 5.41) is 1.96. The number of primary amides is 1. The molecule has 0 bridgehead atoms. The SMILES string of the molecule is CCc1ccsc1C(=O)N1CCC(C(N)=O)CC1. The minimum Gasteiger partial charge on any atom is -0.369 e. The molecule has 0 radical (unpaired) electrons. The highest BCUT2D eigenvalue weighted by Crippen LogP contribution is 2.23. The first-order chi connectivity index (χ1) is 8.63. The van der Waals surface area contributed by atoms with Gasteiger partial charge in [-0.05, 0) is 36.3 Å². The molecule has 18 heavy (non-hydrogen) atoms. The van der Waals surface area contributed by atoms with Crippen molar-refractivity contribution in [1.29, 1.82) is 0 Å². The van der Waals surface area contributed by atoms with Crippen molar-refractivity contribution in [2.24, 2.45) is 11.7 Å². The topological polar surface area (TPSA) is 63.4 Å². The molecular weight excluding hydrogens is 248 g/mol. The first kappa shape index (κ1) is 13.1. The zero-order chi connectivity index (χ0) is 13.1. The third kappa shape index (κ3) is 2.56. The molecule has 1 aliphatic rings. The van der Waals surface area contributed by atoms with Crippen LogP contribution in [0.2, 0.25) is 0 Å². The molecule has 2 N–H and O–H groups in total. The highest BCUT2D eigenvalue weighted by Gasteiger charge is 2.27. The number of nitrogens with two attached hydrogens (primary N) is 1. The second kappa shape index (κ2) is 5.52. The molecule has 0 spiro atoms. The van der Waals surface area contributed by atoms with Gasteiger partial charge < -0.3 is 10.6 Å². The summed E-state index contributed by atoms with van der Waals surface area (Å²) in [6, 6.07) is 2.01. The van der Waals surface area contributed by atoms with Crippen LogP contribution in [0.15, 0.2) is 11.4 Å². The standard InChI is InChI=1S/C13H18N2O2S/c1-2-9-5-8-18-11(9)13(17)15-6-3-10(4-7-15)12(14)16/h5,8,10H,2-4,6-7H2,1H3,(H2,14,16). The van der Waals surface area contributed by atoms with Gasteiger partial charge in [-0.3, -0.25) is 9.59 Å². The fourth-order valence-corrected chi connectivity index (χ4v) is 3.27. The van der Waals surface area contributed by atoms with Crippen LogP contribution in [0.5, 0.6) is 0 Å². The van der Waals surface area contributed by atoms with Crippen LogP contribution in [-0.4, -0.2) is 29.8 Å². The van der Waals surface area contributed by atoms with E-state index in [1.807, 2.05) is 16.3 Å². The Bertz CT molecular complexity index is 448. The average Bonchev–Trinajstić information content (AvgIpc) is 2.86. The molecule has 0 aliphatic carbocycles. The lowest BCUT2D eigenvalue weighted by Crippen LogP contribution is -2.41. The molecule has 0 aromatic carbocycles. The number of amides is 2.